The standard InChI is InChI=1S/C12H17N/c1-7-5-6-8(2)12-10(4)13-9(3)11(7)12/h5-6,9-10,13H,1-4H3/t9-,10-/m0/s1. The first-order valence-electron chi connectivity index (χ1n) is 4.97. The van der Waals surface area contributed by atoms with E-state index in [0.29, 0.717) is 12.1 Å². The lowest BCUT2D eigenvalue weighted by Gasteiger charge is -2.10. The van der Waals surface area contributed by atoms with E-state index in [2.05, 4.69) is 45.1 Å². The Kier molecular flexibility index (Phi) is 1.92. The van der Waals surface area contributed by atoms with Crippen molar-refractivity contribution in [3.63, 3.8) is 0 Å². The molecule has 2 rings (SSSR count). The van der Waals surface area contributed by atoms with Gasteiger partial charge in [-0.15, -0.1) is 0 Å². The van der Waals surface area contributed by atoms with Crippen molar-refractivity contribution in [1.82, 2.24) is 5.32 Å². The molecular formula is C12H17N. The molecule has 1 heterocycles. The molecule has 1 aliphatic heterocycles. The maximum atomic E-state index is 3.56. The Balaban J connectivity index is 2.67. The zero-order valence-electron chi connectivity index (χ0n) is 8.81. The maximum Gasteiger partial charge on any atom is 0.0303 e. The highest BCUT2D eigenvalue weighted by Gasteiger charge is 2.26. The normalized spacial score (nSPS) is 26.2. The van der Waals surface area contributed by atoms with E-state index in [9.17, 15) is 0 Å². The largest absolute Gasteiger partial charge is 0.304 e. The maximum absolute atomic E-state index is 3.56. The molecule has 0 radical (unpaired) electrons. The molecule has 1 aromatic rings. The van der Waals surface area contributed by atoms with Gasteiger partial charge in [0.25, 0.3) is 0 Å². The molecule has 0 unspecified atom stereocenters. The fourth-order valence-electron chi connectivity index (χ4n) is 2.55. The lowest BCUT2D eigenvalue weighted by molar-refractivity contribution is 0.551. The van der Waals surface area contributed by atoms with Crippen molar-refractivity contribution < 1.29 is 0 Å². The summed E-state index contributed by atoms with van der Waals surface area (Å²) in [5.74, 6) is 0. The summed E-state index contributed by atoms with van der Waals surface area (Å²) in [6.45, 7) is 8.90. The van der Waals surface area contributed by atoms with Gasteiger partial charge in [-0.2, -0.15) is 0 Å². The molecule has 0 saturated carbocycles. The van der Waals surface area contributed by atoms with E-state index in [1.807, 2.05) is 0 Å². The first-order chi connectivity index (χ1) is 6.11. The Labute approximate surface area is 80.2 Å². The highest BCUT2D eigenvalue weighted by molar-refractivity contribution is 5.46. The highest BCUT2D eigenvalue weighted by Crippen LogP contribution is 2.36. The van der Waals surface area contributed by atoms with Crippen LogP contribution in [0, 0.1) is 13.8 Å². The molecule has 13 heavy (non-hydrogen) atoms. The summed E-state index contributed by atoms with van der Waals surface area (Å²) in [6, 6.07) is 5.49. The summed E-state index contributed by atoms with van der Waals surface area (Å²) in [5.41, 5.74) is 5.88. The first-order valence-corrected chi connectivity index (χ1v) is 4.97. The van der Waals surface area contributed by atoms with Crippen molar-refractivity contribution in [1.29, 1.82) is 0 Å². The summed E-state index contributed by atoms with van der Waals surface area (Å²) < 4.78 is 0. The number of aryl methyl sites for hydroxylation is 2. The van der Waals surface area contributed by atoms with E-state index in [0.717, 1.165) is 0 Å². The lowest BCUT2D eigenvalue weighted by atomic mass is 9.94. The number of rotatable bonds is 0. The molecule has 1 heteroatoms. The number of benzene rings is 1. The van der Waals surface area contributed by atoms with Crippen LogP contribution in [0.1, 0.15) is 48.2 Å². The van der Waals surface area contributed by atoms with Gasteiger partial charge in [0.05, 0.1) is 0 Å². The highest BCUT2D eigenvalue weighted by atomic mass is 15.0. The average molecular weight is 175 g/mol. The summed E-state index contributed by atoms with van der Waals surface area (Å²) >= 11 is 0. The Morgan fingerprint density at radius 1 is 0.923 bits per heavy atom. The van der Waals surface area contributed by atoms with E-state index >= 15 is 0 Å². The van der Waals surface area contributed by atoms with Crippen LogP contribution in [0.5, 0.6) is 0 Å². The smallest absolute Gasteiger partial charge is 0.0303 e. The topological polar surface area (TPSA) is 12.0 Å². The summed E-state index contributed by atoms with van der Waals surface area (Å²) in [6.07, 6.45) is 0. The molecule has 0 aromatic heterocycles. The van der Waals surface area contributed by atoms with Crippen LogP contribution in [-0.4, -0.2) is 0 Å². The third-order valence-electron chi connectivity index (χ3n) is 3.09. The van der Waals surface area contributed by atoms with Gasteiger partial charge in [-0.05, 0) is 49.9 Å². The second kappa shape index (κ2) is 2.85. The lowest BCUT2D eigenvalue weighted by Crippen LogP contribution is -2.12. The average Bonchev–Trinajstić information content (AvgIpc) is 2.36. The molecule has 0 amide bonds. The van der Waals surface area contributed by atoms with E-state index in [-0.39, 0.29) is 0 Å². The van der Waals surface area contributed by atoms with Gasteiger partial charge in [0.2, 0.25) is 0 Å². The number of hydrogen-bond donors (Lipinski definition) is 1. The summed E-state index contributed by atoms with van der Waals surface area (Å²) in [4.78, 5) is 0. The third-order valence-corrected chi connectivity index (χ3v) is 3.09. The monoisotopic (exact) mass is 175 g/mol. The Morgan fingerprint density at radius 3 is 1.69 bits per heavy atom. The van der Waals surface area contributed by atoms with Crippen LogP contribution in [0.4, 0.5) is 0 Å². The van der Waals surface area contributed by atoms with Gasteiger partial charge in [0.1, 0.15) is 0 Å². The van der Waals surface area contributed by atoms with Crippen LogP contribution < -0.4 is 5.32 Å². The van der Waals surface area contributed by atoms with Crippen molar-refractivity contribution in [2.24, 2.45) is 0 Å². The van der Waals surface area contributed by atoms with E-state index in [1.165, 1.54) is 22.3 Å². The van der Waals surface area contributed by atoms with Crippen LogP contribution >= 0.6 is 0 Å². The Morgan fingerprint density at radius 2 is 1.31 bits per heavy atom. The Hall–Kier alpha value is -0.820. The molecule has 1 N–H and O–H groups in total. The van der Waals surface area contributed by atoms with Crippen molar-refractivity contribution >= 4 is 0 Å². The van der Waals surface area contributed by atoms with Gasteiger partial charge in [0, 0.05) is 12.1 Å². The van der Waals surface area contributed by atoms with Crippen LogP contribution in [0.2, 0.25) is 0 Å². The van der Waals surface area contributed by atoms with Gasteiger partial charge in [-0.25, -0.2) is 0 Å². The minimum atomic E-state index is 0.518. The number of fused-ring (bicyclic) bond motifs is 1. The fourth-order valence-corrected chi connectivity index (χ4v) is 2.55. The zero-order chi connectivity index (χ0) is 9.59. The van der Waals surface area contributed by atoms with Crippen molar-refractivity contribution in [3.05, 3.63) is 34.4 Å². The molecular weight excluding hydrogens is 158 g/mol. The van der Waals surface area contributed by atoms with Gasteiger partial charge < -0.3 is 5.32 Å². The molecule has 1 aromatic carbocycles. The predicted molar refractivity (Wildman–Crippen MR) is 55.9 cm³/mol. The van der Waals surface area contributed by atoms with Crippen LogP contribution in [-0.2, 0) is 0 Å². The molecule has 1 aliphatic rings. The molecule has 0 saturated heterocycles. The molecule has 70 valence electrons. The molecule has 0 aliphatic carbocycles. The van der Waals surface area contributed by atoms with Crippen molar-refractivity contribution in [2.75, 3.05) is 0 Å². The van der Waals surface area contributed by atoms with Crippen molar-refractivity contribution in [3.8, 4) is 0 Å². The SMILES string of the molecule is Cc1ccc(C)c2c1[C@H](C)N[C@H]2C. The van der Waals surface area contributed by atoms with E-state index in [1.54, 1.807) is 0 Å². The molecule has 1 nitrogen and oxygen atoms in total. The fraction of sp³-hybridized carbons (Fsp3) is 0.500. The van der Waals surface area contributed by atoms with Crippen LogP contribution in [0.15, 0.2) is 12.1 Å². The first kappa shape index (κ1) is 8.76. The van der Waals surface area contributed by atoms with Gasteiger partial charge >= 0.3 is 0 Å². The number of nitrogens with one attached hydrogen (secondary N) is 1. The quantitative estimate of drug-likeness (QED) is 0.639. The summed E-state index contributed by atoms with van der Waals surface area (Å²) in [7, 11) is 0. The second-order valence-corrected chi connectivity index (χ2v) is 4.14. The zero-order valence-corrected chi connectivity index (χ0v) is 8.81. The third kappa shape index (κ3) is 1.19. The van der Waals surface area contributed by atoms with Crippen LogP contribution in [0.25, 0.3) is 0 Å². The van der Waals surface area contributed by atoms with E-state index in [4.69, 9.17) is 0 Å². The second-order valence-electron chi connectivity index (χ2n) is 4.14. The number of hydrogen-bond acceptors (Lipinski definition) is 1. The minimum absolute atomic E-state index is 0.518. The van der Waals surface area contributed by atoms with Gasteiger partial charge in [-0.1, -0.05) is 12.1 Å². The van der Waals surface area contributed by atoms with E-state index < -0.39 is 0 Å². The predicted octanol–water partition coefficient (Wildman–Crippen LogP) is 3.03. The summed E-state index contributed by atoms with van der Waals surface area (Å²) in [5, 5.41) is 3.56. The van der Waals surface area contributed by atoms with Crippen LogP contribution in [0.3, 0.4) is 0 Å². The molecule has 2 atom stereocenters. The van der Waals surface area contributed by atoms with Gasteiger partial charge in [0.15, 0.2) is 0 Å². The minimum Gasteiger partial charge on any atom is -0.304 e. The molecule has 0 fully saturated rings. The Bertz CT molecular complexity index is 308. The molecule has 0 spiro atoms. The van der Waals surface area contributed by atoms with Gasteiger partial charge in [-0.3, -0.25) is 0 Å². The van der Waals surface area contributed by atoms with Crippen molar-refractivity contribution in [2.45, 2.75) is 39.8 Å². The molecule has 0 bridgehead atoms.